The van der Waals surface area contributed by atoms with Gasteiger partial charge in [0.1, 0.15) is 11.5 Å². The van der Waals surface area contributed by atoms with Crippen LogP contribution in [0.3, 0.4) is 0 Å². The van der Waals surface area contributed by atoms with Crippen molar-refractivity contribution in [1.82, 2.24) is 0 Å². The first-order valence-electron chi connectivity index (χ1n) is 9.94. The van der Waals surface area contributed by atoms with Crippen LogP contribution in [0.5, 0.6) is 11.5 Å². The van der Waals surface area contributed by atoms with Gasteiger partial charge >= 0.3 is 6.16 Å². The highest BCUT2D eigenvalue weighted by Crippen LogP contribution is 2.17. The molecule has 0 saturated carbocycles. The molecule has 2 aromatic carbocycles. The van der Waals surface area contributed by atoms with E-state index in [1.54, 1.807) is 24.3 Å². The third kappa shape index (κ3) is 8.55. The maximum atomic E-state index is 12.0. The fraction of sp³-hybridized carbons (Fsp3) is 0.435. The van der Waals surface area contributed by atoms with E-state index in [1.807, 2.05) is 38.1 Å². The molecule has 0 heterocycles. The summed E-state index contributed by atoms with van der Waals surface area (Å²) < 4.78 is 21.1. The Morgan fingerprint density at radius 3 is 1.43 bits per heavy atom. The quantitative estimate of drug-likeness (QED) is 0.285. The number of aryl methyl sites for hydroxylation is 2. The van der Waals surface area contributed by atoms with Crippen molar-refractivity contribution in [3.63, 3.8) is 0 Å². The molecular weight excluding hydrogens is 356 g/mol. The number of benzene rings is 2. The third-order valence-corrected chi connectivity index (χ3v) is 4.17. The monoisotopic (exact) mass is 386 g/mol. The lowest BCUT2D eigenvalue weighted by molar-refractivity contribution is 0.145. The number of rotatable bonds is 12. The lowest BCUT2D eigenvalue weighted by Crippen LogP contribution is -2.13. The molecule has 0 fully saturated rings. The van der Waals surface area contributed by atoms with Crippen LogP contribution in [-0.2, 0) is 22.3 Å². The molecule has 0 aliphatic carbocycles. The molecule has 0 amide bonds. The molecule has 0 atom stereocenters. The Morgan fingerprint density at radius 1 is 0.679 bits per heavy atom. The third-order valence-electron chi connectivity index (χ3n) is 4.17. The maximum Gasteiger partial charge on any atom is 0.519 e. The van der Waals surface area contributed by atoms with E-state index >= 15 is 0 Å². The van der Waals surface area contributed by atoms with E-state index in [-0.39, 0.29) is 0 Å². The van der Waals surface area contributed by atoms with Gasteiger partial charge in [0.25, 0.3) is 0 Å². The number of ether oxygens (including phenoxy) is 4. The molecule has 0 unspecified atom stereocenters. The van der Waals surface area contributed by atoms with Gasteiger partial charge in [-0.25, -0.2) is 4.79 Å². The number of hydrogen-bond acceptors (Lipinski definition) is 5. The largest absolute Gasteiger partial charge is 0.519 e. The standard InChI is InChI=1S/C23H30O5/c1-3-25-17-5-7-19-9-13-21(14-10-19)27-23(24)28-22-15-11-20(12-16-22)8-6-18-26-4-2/h9-16H,3-8,17-18H2,1-2H3. The zero-order chi connectivity index (χ0) is 20.0. The van der Waals surface area contributed by atoms with Crippen LogP contribution in [0.15, 0.2) is 48.5 Å². The van der Waals surface area contributed by atoms with E-state index in [1.165, 1.54) is 11.1 Å². The Kier molecular flexibility index (Phi) is 10.1. The Morgan fingerprint density at radius 2 is 1.07 bits per heavy atom. The zero-order valence-corrected chi connectivity index (χ0v) is 16.8. The Labute approximate surface area is 167 Å². The van der Waals surface area contributed by atoms with Crippen molar-refractivity contribution in [2.24, 2.45) is 0 Å². The minimum atomic E-state index is -0.742. The van der Waals surface area contributed by atoms with Gasteiger partial charge in [0, 0.05) is 26.4 Å². The molecule has 152 valence electrons. The van der Waals surface area contributed by atoms with Gasteiger partial charge in [-0.1, -0.05) is 24.3 Å². The second kappa shape index (κ2) is 12.9. The van der Waals surface area contributed by atoms with Gasteiger partial charge in [0.15, 0.2) is 0 Å². The molecule has 0 aromatic heterocycles. The van der Waals surface area contributed by atoms with Gasteiger partial charge in [-0.2, -0.15) is 0 Å². The van der Waals surface area contributed by atoms with E-state index in [4.69, 9.17) is 18.9 Å². The number of carbonyl (C=O) groups is 1. The molecule has 2 rings (SSSR count). The first-order valence-corrected chi connectivity index (χ1v) is 9.94. The molecule has 5 heteroatoms. The highest BCUT2D eigenvalue weighted by molar-refractivity contribution is 5.67. The van der Waals surface area contributed by atoms with Gasteiger partial charge in [0.05, 0.1) is 0 Å². The Hall–Kier alpha value is -2.37. The fourth-order valence-electron chi connectivity index (χ4n) is 2.71. The predicted molar refractivity (Wildman–Crippen MR) is 109 cm³/mol. The summed E-state index contributed by atoms with van der Waals surface area (Å²) in [4.78, 5) is 12.0. The summed E-state index contributed by atoms with van der Waals surface area (Å²) in [5.74, 6) is 0.928. The van der Waals surface area contributed by atoms with Crippen molar-refractivity contribution < 1.29 is 23.7 Å². The molecule has 0 saturated heterocycles. The van der Waals surface area contributed by atoms with Crippen LogP contribution < -0.4 is 9.47 Å². The zero-order valence-electron chi connectivity index (χ0n) is 16.8. The first kappa shape index (κ1) is 21.9. The van der Waals surface area contributed by atoms with E-state index in [2.05, 4.69) is 0 Å². The van der Waals surface area contributed by atoms with Gasteiger partial charge in [-0.15, -0.1) is 0 Å². The molecule has 0 bridgehead atoms. The van der Waals surface area contributed by atoms with Crippen LogP contribution in [0.1, 0.15) is 37.8 Å². The van der Waals surface area contributed by atoms with Crippen LogP contribution in [0, 0.1) is 0 Å². The van der Waals surface area contributed by atoms with E-state index in [9.17, 15) is 4.79 Å². The second-order valence-electron chi connectivity index (χ2n) is 6.34. The maximum absolute atomic E-state index is 12.0. The highest BCUT2D eigenvalue weighted by atomic mass is 16.7. The summed E-state index contributed by atoms with van der Waals surface area (Å²) in [5, 5.41) is 0. The van der Waals surface area contributed by atoms with Crippen LogP contribution in [0.2, 0.25) is 0 Å². The predicted octanol–water partition coefficient (Wildman–Crippen LogP) is 5.20. The van der Waals surface area contributed by atoms with E-state index in [0.717, 1.165) is 52.1 Å². The van der Waals surface area contributed by atoms with E-state index in [0.29, 0.717) is 11.5 Å². The lowest BCUT2D eigenvalue weighted by atomic mass is 10.1. The second-order valence-corrected chi connectivity index (χ2v) is 6.34. The average Bonchev–Trinajstić information content (AvgIpc) is 2.71. The fourth-order valence-corrected chi connectivity index (χ4v) is 2.71. The normalized spacial score (nSPS) is 10.6. The smallest absolute Gasteiger partial charge is 0.395 e. The average molecular weight is 386 g/mol. The Bertz CT molecular complexity index is 620. The Balaban J connectivity index is 1.74. The minimum absolute atomic E-state index is 0.464. The van der Waals surface area contributed by atoms with Gasteiger partial charge in [-0.3, -0.25) is 0 Å². The summed E-state index contributed by atoms with van der Waals surface area (Å²) in [6, 6.07) is 14.9. The molecule has 0 N–H and O–H groups in total. The van der Waals surface area contributed by atoms with E-state index < -0.39 is 6.16 Å². The SMILES string of the molecule is CCOCCCc1ccc(OC(=O)Oc2ccc(CCCOCC)cc2)cc1. The van der Waals surface area contributed by atoms with Crippen LogP contribution in [0.4, 0.5) is 4.79 Å². The molecule has 0 aliphatic heterocycles. The van der Waals surface area contributed by atoms with Crippen LogP contribution in [-0.4, -0.2) is 32.6 Å². The minimum Gasteiger partial charge on any atom is -0.395 e. The number of hydrogen-bond donors (Lipinski definition) is 0. The van der Waals surface area contributed by atoms with Crippen molar-refractivity contribution in [3.05, 3.63) is 59.7 Å². The molecule has 0 spiro atoms. The van der Waals surface area contributed by atoms with Crippen molar-refractivity contribution in [3.8, 4) is 11.5 Å². The van der Waals surface area contributed by atoms with Gasteiger partial charge in [-0.05, 0) is 74.9 Å². The molecule has 2 aromatic rings. The van der Waals surface area contributed by atoms with Crippen molar-refractivity contribution in [2.45, 2.75) is 39.5 Å². The lowest BCUT2D eigenvalue weighted by Gasteiger charge is -2.08. The van der Waals surface area contributed by atoms with Crippen LogP contribution in [0.25, 0.3) is 0 Å². The highest BCUT2D eigenvalue weighted by Gasteiger charge is 2.08. The molecule has 0 radical (unpaired) electrons. The molecule has 5 nitrogen and oxygen atoms in total. The molecule has 28 heavy (non-hydrogen) atoms. The van der Waals surface area contributed by atoms with Crippen molar-refractivity contribution in [2.75, 3.05) is 26.4 Å². The van der Waals surface area contributed by atoms with Gasteiger partial charge < -0.3 is 18.9 Å². The summed E-state index contributed by atoms with van der Waals surface area (Å²) in [6.07, 6.45) is 3.06. The molecule has 0 aliphatic rings. The number of carbonyl (C=O) groups excluding carboxylic acids is 1. The summed E-state index contributed by atoms with van der Waals surface area (Å²) in [7, 11) is 0. The first-order chi connectivity index (χ1) is 13.7. The van der Waals surface area contributed by atoms with Crippen molar-refractivity contribution in [1.29, 1.82) is 0 Å². The topological polar surface area (TPSA) is 54.0 Å². The van der Waals surface area contributed by atoms with Crippen LogP contribution >= 0.6 is 0 Å². The summed E-state index contributed by atoms with van der Waals surface area (Å²) in [5.41, 5.74) is 2.36. The summed E-state index contributed by atoms with van der Waals surface area (Å²) >= 11 is 0. The van der Waals surface area contributed by atoms with Gasteiger partial charge in [0.2, 0.25) is 0 Å². The summed E-state index contributed by atoms with van der Waals surface area (Å²) in [6.45, 7) is 6.98. The van der Waals surface area contributed by atoms with Crippen molar-refractivity contribution >= 4 is 6.16 Å². The molecular formula is C23H30O5.